The Morgan fingerprint density at radius 1 is 1.24 bits per heavy atom. The minimum atomic E-state index is -0.863. The normalized spacial score (nSPS) is 12.5. The molecule has 7 heteroatoms. The number of phenols is 1. The predicted molar refractivity (Wildman–Crippen MR) is 92.1 cm³/mol. The number of hydrogen-bond acceptors (Lipinski definition) is 5. The van der Waals surface area contributed by atoms with Crippen molar-refractivity contribution in [3.63, 3.8) is 0 Å². The van der Waals surface area contributed by atoms with Gasteiger partial charge in [-0.2, -0.15) is 5.10 Å². The summed E-state index contributed by atoms with van der Waals surface area (Å²) < 4.78 is 6.92. The van der Waals surface area contributed by atoms with Crippen molar-refractivity contribution in [3.05, 3.63) is 47.8 Å². The first-order chi connectivity index (χ1) is 11.6. The molecule has 0 unspecified atom stereocenters. The second kappa shape index (κ2) is 7.38. The summed E-state index contributed by atoms with van der Waals surface area (Å²) in [6.07, 6.45) is 1.89. The predicted octanol–water partition coefficient (Wildman–Crippen LogP) is 1.81. The average molecular weight is 345 g/mol. The van der Waals surface area contributed by atoms with Crippen LogP contribution in [-0.4, -0.2) is 38.4 Å². The number of aromatic hydroxyl groups is 1. The molecule has 0 aliphatic carbocycles. The summed E-state index contributed by atoms with van der Waals surface area (Å²) in [5.74, 6) is -0.838. The molecule has 0 saturated carbocycles. The highest BCUT2D eigenvalue weighted by molar-refractivity contribution is 5.95. The fraction of sp³-hybridized carbons (Fsp3) is 0.389. The Hall–Kier alpha value is -2.83. The van der Waals surface area contributed by atoms with E-state index in [9.17, 15) is 14.7 Å². The standard InChI is InChI=1S/C18H23N3O4/c1-18(2,3)25-17(24)15(11-12-5-7-13(22)8-6-12)19-16(23)14-9-10-21(4)20-14/h5-10,15,22H,11H2,1-4H3,(H,19,23)/t15-/m0/s1. The number of nitrogens with zero attached hydrogens (tertiary/aromatic N) is 2. The molecule has 2 aromatic rings. The van der Waals surface area contributed by atoms with E-state index in [0.29, 0.717) is 0 Å². The highest BCUT2D eigenvalue weighted by Crippen LogP contribution is 2.14. The molecule has 0 saturated heterocycles. The first-order valence-electron chi connectivity index (χ1n) is 7.95. The number of rotatable bonds is 5. The Labute approximate surface area is 146 Å². The molecule has 1 aromatic carbocycles. The van der Waals surface area contributed by atoms with Gasteiger partial charge in [0.2, 0.25) is 0 Å². The van der Waals surface area contributed by atoms with Crippen LogP contribution in [0.5, 0.6) is 5.75 Å². The van der Waals surface area contributed by atoms with E-state index in [-0.39, 0.29) is 17.9 Å². The van der Waals surface area contributed by atoms with Gasteiger partial charge < -0.3 is 15.2 Å². The molecule has 1 amide bonds. The Kier molecular flexibility index (Phi) is 5.46. The van der Waals surface area contributed by atoms with Gasteiger partial charge in [-0.1, -0.05) is 12.1 Å². The van der Waals surface area contributed by atoms with Gasteiger partial charge in [-0.25, -0.2) is 4.79 Å². The number of ether oxygens (including phenoxy) is 1. The lowest BCUT2D eigenvalue weighted by Crippen LogP contribution is -2.45. The third kappa shape index (κ3) is 5.63. The van der Waals surface area contributed by atoms with E-state index in [1.54, 1.807) is 52.2 Å². The SMILES string of the molecule is Cn1ccc(C(=O)N[C@@H](Cc2ccc(O)cc2)C(=O)OC(C)(C)C)n1. The lowest BCUT2D eigenvalue weighted by atomic mass is 10.0. The molecule has 2 rings (SSSR count). The average Bonchev–Trinajstić information content (AvgIpc) is 2.93. The van der Waals surface area contributed by atoms with Crippen molar-refractivity contribution >= 4 is 11.9 Å². The van der Waals surface area contributed by atoms with Crippen molar-refractivity contribution < 1.29 is 19.4 Å². The van der Waals surface area contributed by atoms with E-state index in [4.69, 9.17) is 4.74 Å². The largest absolute Gasteiger partial charge is 0.508 e. The van der Waals surface area contributed by atoms with Crippen LogP contribution >= 0.6 is 0 Å². The number of carbonyl (C=O) groups excluding carboxylic acids is 2. The summed E-state index contributed by atoms with van der Waals surface area (Å²) in [5, 5.41) is 16.1. The van der Waals surface area contributed by atoms with Gasteiger partial charge in [-0.15, -0.1) is 0 Å². The number of amides is 1. The third-order valence-electron chi connectivity index (χ3n) is 3.32. The molecule has 0 bridgehead atoms. The van der Waals surface area contributed by atoms with E-state index in [1.807, 2.05) is 0 Å². The molecule has 1 aromatic heterocycles. The number of aromatic nitrogens is 2. The van der Waals surface area contributed by atoms with Crippen LogP contribution in [0.25, 0.3) is 0 Å². The second-order valence-electron chi connectivity index (χ2n) is 6.80. The summed E-state index contributed by atoms with van der Waals surface area (Å²) in [6, 6.07) is 7.16. The fourth-order valence-corrected chi connectivity index (χ4v) is 2.20. The summed E-state index contributed by atoms with van der Waals surface area (Å²) in [6.45, 7) is 5.30. The van der Waals surface area contributed by atoms with E-state index in [2.05, 4.69) is 10.4 Å². The molecule has 25 heavy (non-hydrogen) atoms. The molecule has 7 nitrogen and oxygen atoms in total. The van der Waals surface area contributed by atoms with E-state index < -0.39 is 23.5 Å². The van der Waals surface area contributed by atoms with Gasteiger partial charge in [0.05, 0.1) is 0 Å². The van der Waals surface area contributed by atoms with Crippen molar-refractivity contribution in [1.82, 2.24) is 15.1 Å². The summed E-state index contributed by atoms with van der Waals surface area (Å²) in [4.78, 5) is 24.8. The lowest BCUT2D eigenvalue weighted by molar-refractivity contribution is -0.157. The van der Waals surface area contributed by atoms with E-state index in [1.165, 1.54) is 16.8 Å². The van der Waals surface area contributed by atoms with Gasteiger partial charge in [0, 0.05) is 19.7 Å². The second-order valence-corrected chi connectivity index (χ2v) is 6.80. The Morgan fingerprint density at radius 2 is 1.88 bits per heavy atom. The molecule has 134 valence electrons. The highest BCUT2D eigenvalue weighted by Gasteiger charge is 2.27. The maximum Gasteiger partial charge on any atom is 0.329 e. The fourth-order valence-electron chi connectivity index (χ4n) is 2.20. The monoisotopic (exact) mass is 345 g/mol. The van der Waals surface area contributed by atoms with Crippen LogP contribution in [-0.2, 0) is 23.0 Å². The summed E-state index contributed by atoms with van der Waals surface area (Å²) >= 11 is 0. The molecule has 1 atom stereocenters. The third-order valence-corrected chi connectivity index (χ3v) is 3.32. The summed E-state index contributed by atoms with van der Waals surface area (Å²) in [7, 11) is 1.71. The number of benzene rings is 1. The molecular formula is C18H23N3O4. The van der Waals surface area contributed by atoms with Crippen molar-refractivity contribution in [2.24, 2.45) is 7.05 Å². The first-order valence-corrected chi connectivity index (χ1v) is 7.95. The van der Waals surface area contributed by atoms with Crippen LogP contribution in [0.1, 0.15) is 36.8 Å². The number of nitrogens with one attached hydrogen (secondary N) is 1. The molecule has 2 N–H and O–H groups in total. The van der Waals surface area contributed by atoms with Crippen LogP contribution in [0, 0.1) is 0 Å². The van der Waals surface area contributed by atoms with Gasteiger partial charge in [0.1, 0.15) is 23.1 Å². The molecule has 0 aliphatic heterocycles. The maximum atomic E-state index is 12.5. The van der Waals surface area contributed by atoms with Crippen molar-refractivity contribution in [2.75, 3.05) is 0 Å². The zero-order chi connectivity index (χ0) is 18.6. The van der Waals surface area contributed by atoms with Crippen molar-refractivity contribution in [1.29, 1.82) is 0 Å². The number of carbonyl (C=O) groups is 2. The van der Waals surface area contributed by atoms with Crippen molar-refractivity contribution in [3.8, 4) is 5.75 Å². The van der Waals surface area contributed by atoms with Gasteiger partial charge in [-0.05, 0) is 44.5 Å². The van der Waals surface area contributed by atoms with Gasteiger partial charge in [0.25, 0.3) is 5.91 Å². The quantitative estimate of drug-likeness (QED) is 0.806. The lowest BCUT2D eigenvalue weighted by Gasteiger charge is -2.24. The highest BCUT2D eigenvalue weighted by atomic mass is 16.6. The number of phenolic OH excluding ortho intramolecular Hbond substituents is 1. The molecule has 0 fully saturated rings. The Morgan fingerprint density at radius 3 is 2.40 bits per heavy atom. The zero-order valence-corrected chi connectivity index (χ0v) is 14.8. The molecule has 0 spiro atoms. The maximum absolute atomic E-state index is 12.5. The number of aryl methyl sites for hydroxylation is 1. The van der Waals surface area contributed by atoms with Crippen LogP contribution in [0.4, 0.5) is 0 Å². The van der Waals surface area contributed by atoms with Gasteiger partial charge >= 0.3 is 5.97 Å². The molecule has 1 heterocycles. The van der Waals surface area contributed by atoms with E-state index in [0.717, 1.165) is 5.56 Å². The smallest absolute Gasteiger partial charge is 0.329 e. The van der Waals surface area contributed by atoms with Crippen LogP contribution in [0.15, 0.2) is 36.5 Å². The topological polar surface area (TPSA) is 93.5 Å². The molecular weight excluding hydrogens is 322 g/mol. The first kappa shape index (κ1) is 18.5. The van der Waals surface area contributed by atoms with Crippen molar-refractivity contribution in [2.45, 2.75) is 38.8 Å². The van der Waals surface area contributed by atoms with Gasteiger partial charge in [-0.3, -0.25) is 9.48 Å². The zero-order valence-electron chi connectivity index (χ0n) is 14.8. The molecule has 0 radical (unpaired) electrons. The number of hydrogen-bond donors (Lipinski definition) is 2. The Bertz CT molecular complexity index is 744. The Balaban J connectivity index is 2.17. The number of esters is 1. The van der Waals surface area contributed by atoms with Crippen LogP contribution < -0.4 is 5.32 Å². The van der Waals surface area contributed by atoms with E-state index >= 15 is 0 Å². The van der Waals surface area contributed by atoms with Crippen LogP contribution in [0.2, 0.25) is 0 Å². The minimum absolute atomic E-state index is 0.134. The van der Waals surface area contributed by atoms with Crippen LogP contribution in [0.3, 0.4) is 0 Å². The summed E-state index contributed by atoms with van der Waals surface area (Å²) in [5.41, 5.74) is 0.344. The van der Waals surface area contributed by atoms with Gasteiger partial charge in [0.15, 0.2) is 0 Å². The minimum Gasteiger partial charge on any atom is -0.508 e. The molecule has 0 aliphatic rings.